The lowest BCUT2D eigenvalue weighted by Crippen LogP contribution is -2.33. The molecule has 0 bridgehead atoms. The summed E-state index contributed by atoms with van der Waals surface area (Å²) in [6, 6.07) is 3.73. The molecule has 2 heterocycles. The van der Waals surface area contributed by atoms with E-state index in [0.717, 1.165) is 61.0 Å². The molecule has 2 aromatic heterocycles. The van der Waals surface area contributed by atoms with E-state index in [4.69, 9.17) is 0 Å². The Bertz CT molecular complexity index is 1040. The second-order valence-electron chi connectivity index (χ2n) is 8.30. The number of aromatic nitrogens is 4. The molecule has 0 spiro atoms. The van der Waals surface area contributed by atoms with Crippen molar-refractivity contribution in [2.24, 2.45) is 5.92 Å². The highest BCUT2D eigenvalue weighted by molar-refractivity contribution is 8.03. The van der Waals surface area contributed by atoms with Crippen LogP contribution in [-0.4, -0.2) is 58.2 Å². The fourth-order valence-corrected chi connectivity index (χ4v) is 4.11. The van der Waals surface area contributed by atoms with Crippen LogP contribution in [-0.2, 0) is 4.79 Å². The van der Waals surface area contributed by atoms with Crippen LogP contribution in [0, 0.1) is 5.92 Å². The summed E-state index contributed by atoms with van der Waals surface area (Å²) in [5.41, 5.74) is 0.848. The molecule has 2 aliphatic carbocycles. The van der Waals surface area contributed by atoms with Crippen molar-refractivity contribution in [3.05, 3.63) is 53.2 Å². The molecule has 0 unspecified atom stereocenters. The van der Waals surface area contributed by atoms with Gasteiger partial charge in [0.25, 0.3) is 0 Å². The van der Waals surface area contributed by atoms with Gasteiger partial charge in [-0.2, -0.15) is 5.10 Å². The third-order valence-corrected chi connectivity index (χ3v) is 6.27. The SMILES string of the molecule is CN(C)CCNc1cc(Nc2ccn[nH]2)nc(SC2=CCC=C(NC(=O)C3CCC3)C=C2)n1. The number of thioether (sulfide) groups is 1. The van der Waals surface area contributed by atoms with Crippen LogP contribution < -0.4 is 16.0 Å². The average molecular weight is 467 g/mol. The monoisotopic (exact) mass is 466 g/mol. The van der Waals surface area contributed by atoms with Crippen LogP contribution in [0.3, 0.4) is 0 Å². The molecular formula is C23H30N8OS. The van der Waals surface area contributed by atoms with Crippen molar-refractivity contribution in [1.29, 1.82) is 0 Å². The number of nitrogens with one attached hydrogen (secondary N) is 4. The molecule has 0 aromatic carbocycles. The summed E-state index contributed by atoms with van der Waals surface area (Å²) >= 11 is 1.49. The average Bonchev–Trinajstić information content (AvgIpc) is 3.13. The van der Waals surface area contributed by atoms with Crippen molar-refractivity contribution >= 4 is 35.1 Å². The van der Waals surface area contributed by atoms with Crippen molar-refractivity contribution in [3.8, 4) is 0 Å². The van der Waals surface area contributed by atoms with Crippen LogP contribution in [0.1, 0.15) is 25.7 Å². The molecule has 2 aromatic rings. The first kappa shape index (κ1) is 23.1. The van der Waals surface area contributed by atoms with E-state index >= 15 is 0 Å². The van der Waals surface area contributed by atoms with E-state index in [1.165, 1.54) is 11.8 Å². The van der Waals surface area contributed by atoms with Gasteiger partial charge < -0.3 is 20.9 Å². The molecule has 1 fully saturated rings. The fraction of sp³-hybridized carbons (Fsp3) is 0.391. The van der Waals surface area contributed by atoms with E-state index in [2.05, 4.69) is 47.1 Å². The molecule has 4 N–H and O–H groups in total. The smallest absolute Gasteiger partial charge is 0.227 e. The highest BCUT2D eigenvalue weighted by Gasteiger charge is 2.25. The fourth-order valence-electron chi connectivity index (χ4n) is 3.30. The Morgan fingerprint density at radius 3 is 2.79 bits per heavy atom. The summed E-state index contributed by atoms with van der Waals surface area (Å²) in [5, 5.41) is 17.1. The van der Waals surface area contributed by atoms with E-state index in [1.807, 2.05) is 44.5 Å². The van der Waals surface area contributed by atoms with Crippen molar-refractivity contribution < 1.29 is 4.79 Å². The first-order valence-electron chi connectivity index (χ1n) is 11.2. The van der Waals surface area contributed by atoms with E-state index in [0.29, 0.717) is 11.0 Å². The zero-order chi connectivity index (χ0) is 23.0. The number of rotatable bonds is 10. The van der Waals surface area contributed by atoms with Gasteiger partial charge in [-0.05, 0) is 45.5 Å². The van der Waals surface area contributed by atoms with Gasteiger partial charge in [0.15, 0.2) is 5.16 Å². The predicted molar refractivity (Wildman–Crippen MR) is 132 cm³/mol. The van der Waals surface area contributed by atoms with Gasteiger partial charge in [0.2, 0.25) is 5.91 Å². The van der Waals surface area contributed by atoms with Crippen LogP contribution in [0.25, 0.3) is 0 Å². The van der Waals surface area contributed by atoms with E-state index < -0.39 is 0 Å². The van der Waals surface area contributed by atoms with Gasteiger partial charge in [-0.25, -0.2) is 9.97 Å². The molecule has 10 heteroatoms. The van der Waals surface area contributed by atoms with Crippen molar-refractivity contribution in [1.82, 2.24) is 30.4 Å². The first-order chi connectivity index (χ1) is 16.0. The Hall–Kier alpha value is -3.11. The van der Waals surface area contributed by atoms with Crippen molar-refractivity contribution in [2.45, 2.75) is 30.8 Å². The Morgan fingerprint density at radius 1 is 1.21 bits per heavy atom. The number of carbonyl (C=O) groups is 1. The van der Waals surface area contributed by atoms with Crippen LogP contribution in [0.5, 0.6) is 0 Å². The highest BCUT2D eigenvalue weighted by Crippen LogP contribution is 2.30. The standard InChI is InChI=1S/C23H30N8OS/c1-31(2)14-13-24-20-15-21(27-19-11-12-25-30-19)29-23(28-20)33-18-8-4-7-17(9-10-18)26-22(32)16-5-3-6-16/h7-12,15-16H,3-6,13-14H2,1-2H3,(H,26,32)(H3,24,25,27,28,29,30). The van der Waals surface area contributed by atoms with Crippen molar-refractivity contribution in [2.75, 3.05) is 37.8 Å². The van der Waals surface area contributed by atoms with Gasteiger partial charge in [0.1, 0.15) is 17.5 Å². The Labute approximate surface area is 198 Å². The number of anilines is 3. The Kier molecular flexibility index (Phi) is 7.79. The largest absolute Gasteiger partial charge is 0.369 e. The minimum Gasteiger partial charge on any atom is -0.369 e. The maximum absolute atomic E-state index is 12.3. The molecule has 1 amide bonds. The zero-order valence-electron chi connectivity index (χ0n) is 19.0. The third kappa shape index (κ3) is 6.93. The van der Waals surface area contributed by atoms with Gasteiger partial charge in [0, 0.05) is 41.7 Å². The molecule has 4 rings (SSSR count). The van der Waals surface area contributed by atoms with Crippen LogP contribution >= 0.6 is 11.8 Å². The summed E-state index contributed by atoms with van der Waals surface area (Å²) < 4.78 is 0. The number of carbonyl (C=O) groups excluding carboxylic acids is 1. The van der Waals surface area contributed by atoms with Gasteiger partial charge in [-0.15, -0.1) is 0 Å². The van der Waals surface area contributed by atoms with E-state index in [-0.39, 0.29) is 11.8 Å². The molecule has 0 saturated heterocycles. The summed E-state index contributed by atoms with van der Waals surface area (Å²) in [6.45, 7) is 1.67. The lowest BCUT2D eigenvalue weighted by atomic mass is 9.85. The van der Waals surface area contributed by atoms with E-state index in [1.54, 1.807) is 6.20 Å². The Balaban J connectivity index is 1.43. The molecular weight excluding hydrogens is 436 g/mol. The number of amides is 1. The predicted octanol–water partition coefficient (Wildman–Crippen LogP) is 3.65. The summed E-state index contributed by atoms with van der Waals surface area (Å²) in [5.74, 6) is 2.48. The number of H-pyrrole nitrogens is 1. The molecule has 1 saturated carbocycles. The maximum atomic E-state index is 12.3. The molecule has 0 aliphatic heterocycles. The number of likely N-dealkylation sites (N-methyl/N-ethyl adjacent to an activating group) is 1. The number of allylic oxidation sites excluding steroid dienone is 4. The van der Waals surface area contributed by atoms with Crippen LogP contribution in [0.4, 0.5) is 17.5 Å². The summed E-state index contributed by atoms with van der Waals surface area (Å²) in [7, 11) is 4.08. The second-order valence-corrected chi connectivity index (χ2v) is 9.34. The highest BCUT2D eigenvalue weighted by atomic mass is 32.2. The molecule has 9 nitrogen and oxygen atoms in total. The molecule has 0 radical (unpaired) electrons. The molecule has 0 atom stereocenters. The van der Waals surface area contributed by atoms with Crippen LogP contribution in [0.15, 0.2) is 58.4 Å². The summed E-state index contributed by atoms with van der Waals surface area (Å²) in [6.07, 6.45) is 13.7. The number of nitrogens with zero attached hydrogens (tertiary/aromatic N) is 4. The minimum atomic E-state index is 0.127. The number of hydrogen-bond donors (Lipinski definition) is 4. The third-order valence-electron chi connectivity index (χ3n) is 5.37. The molecule has 33 heavy (non-hydrogen) atoms. The van der Waals surface area contributed by atoms with Crippen molar-refractivity contribution in [3.63, 3.8) is 0 Å². The molecule has 2 aliphatic rings. The number of aromatic amines is 1. The molecule has 174 valence electrons. The quantitative estimate of drug-likeness (QED) is 0.393. The van der Waals surface area contributed by atoms with Gasteiger partial charge in [0.05, 0.1) is 6.20 Å². The Morgan fingerprint density at radius 2 is 2.06 bits per heavy atom. The second kappa shape index (κ2) is 11.2. The lowest BCUT2D eigenvalue weighted by molar-refractivity contribution is -0.126. The van der Waals surface area contributed by atoms with Gasteiger partial charge in [-0.3, -0.25) is 9.89 Å². The zero-order valence-corrected chi connectivity index (χ0v) is 19.8. The first-order valence-corrected chi connectivity index (χ1v) is 12.0. The van der Waals surface area contributed by atoms with Crippen LogP contribution in [0.2, 0.25) is 0 Å². The lowest BCUT2D eigenvalue weighted by Gasteiger charge is -2.24. The normalized spacial score (nSPS) is 16.0. The maximum Gasteiger partial charge on any atom is 0.227 e. The van der Waals surface area contributed by atoms with Gasteiger partial charge >= 0.3 is 0 Å². The number of hydrogen-bond acceptors (Lipinski definition) is 8. The van der Waals surface area contributed by atoms with E-state index in [9.17, 15) is 4.79 Å². The van der Waals surface area contributed by atoms with Gasteiger partial charge in [-0.1, -0.05) is 30.3 Å². The topological polar surface area (TPSA) is 111 Å². The minimum absolute atomic E-state index is 0.127. The summed E-state index contributed by atoms with van der Waals surface area (Å²) in [4.78, 5) is 24.8.